The zero-order valence-corrected chi connectivity index (χ0v) is 16.0. The van der Waals surface area contributed by atoms with Gasteiger partial charge in [0, 0.05) is 11.6 Å². The van der Waals surface area contributed by atoms with Gasteiger partial charge in [0.2, 0.25) is 0 Å². The van der Waals surface area contributed by atoms with Crippen LogP contribution in [0.1, 0.15) is 11.3 Å². The van der Waals surface area contributed by atoms with Gasteiger partial charge in [-0.15, -0.1) is 0 Å². The molecule has 0 unspecified atom stereocenters. The van der Waals surface area contributed by atoms with E-state index in [0.29, 0.717) is 26.6 Å². The minimum Gasteiger partial charge on any atom is -0.457 e. The van der Waals surface area contributed by atoms with Gasteiger partial charge in [-0.2, -0.15) is 0 Å². The molecular weight excluding hydrogens is 380 g/mol. The third-order valence-corrected chi connectivity index (χ3v) is 5.19. The summed E-state index contributed by atoms with van der Waals surface area (Å²) in [7, 11) is 0. The number of amides is 1. The number of amidine groups is 1. The first kappa shape index (κ1) is 17.6. The van der Waals surface area contributed by atoms with Gasteiger partial charge in [0.1, 0.15) is 11.5 Å². The predicted octanol–water partition coefficient (Wildman–Crippen LogP) is 5.80. The highest BCUT2D eigenvalue weighted by atomic mass is 35.5. The number of nitrogens with one attached hydrogen (secondary N) is 1. The van der Waals surface area contributed by atoms with Gasteiger partial charge in [0.05, 0.1) is 15.6 Å². The van der Waals surface area contributed by atoms with Crippen molar-refractivity contribution in [3.63, 3.8) is 0 Å². The maximum atomic E-state index is 12.2. The van der Waals surface area contributed by atoms with Gasteiger partial charge in [-0.3, -0.25) is 4.79 Å². The van der Waals surface area contributed by atoms with E-state index in [2.05, 4.69) is 10.3 Å². The van der Waals surface area contributed by atoms with Crippen molar-refractivity contribution < 1.29 is 9.21 Å². The summed E-state index contributed by atoms with van der Waals surface area (Å²) in [4.78, 5) is 17.2. The Bertz CT molecular complexity index is 1070. The molecular formula is C21H15ClN2O2S. The number of carbonyl (C=O) groups excluding carboxylic acids is 1. The molecule has 134 valence electrons. The molecule has 0 atom stereocenters. The van der Waals surface area contributed by atoms with Gasteiger partial charge in [-0.1, -0.05) is 41.4 Å². The Hall–Kier alpha value is -2.76. The number of hydrogen-bond donors (Lipinski definition) is 1. The molecule has 1 aliphatic heterocycles. The van der Waals surface area contributed by atoms with E-state index in [0.717, 1.165) is 16.8 Å². The maximum absolute atomic E-state index is 12.2. The molecule has 4 rings (SSSR count). The van der Waals surface area contributed by atoms with Crippen molar-refractivity contribution in [1.82, 2.24) is 5.32 Å². The van der Waals surface area contributed by atoms with Gasteiger partial charge >= 0.3 is 0 Å². The molecule has 1 saturated heterocycles. The Kier molecular flexibility index (Phi) is 4.88. The number of aliphatic imine (C=N–C) groups is 1. The van der Waals surface area contributed by atoms with Gasteiger partial charge in [0.15, 0.2) is 5.17 Å². The number of carbonyl (C=O) groups is 1. The van der Waals surface area contributed by atoms with Crippen molar-refractivity contribution in [2.45, 2.75) is 6.92 Å². The van der Waals surface area contributed by atoms with E-state index in [1.807, 2.05) is 67.6 Å². The molecule has 3 aromatic rings. The second kappa shape index (κ2) is 7.47. The van der Waals surface area contributed by atoms with Gasteiger partial charge in [-0.05, 0) is 55.1 Å². The van der Waals surface area contributed by atoms with E-state index in [9.17, 15) is 4.79 Å². The Morgan fingerprint density at radius 1 is 1.07 bits per heavy atom. The van der Waals surface area contributed by atoms with Crippen molar-refractivity contribution in [3.05, 3.63) is 81.9 Å². The van der Waals surface area contributed by atoms with Crippen molar-refractivity contribution in [2.75, 3.05) is 0 Å². The summed E-state index contributed by atoms with van der Waals surface area (Å²) >= 11 is 7.49. The number of furan rings is 1. The molecule has 0 radical (unpaired) electrons. The smallest absolute Gasteiger partial charge is 0.264 e. The Morgan fingerprint density at radius 2 is 1.85 bits per heavy atom. The second-order valence-electron chi connectivity index (χ2n) is 6.00. The molecule has 0 spiro atoms. The van der Waals surface area contributed by atoms with Crippen LogP contribution in [0.4, 0.5) is 5.69 Å². The van der Waals surface area contributed by atoms with Crippen LogP contribution in [0.3, 0.4) is 0 Å². The van der Waals surface area contributed by atoms with Gasteiger partial charge in [-0.25, -0.2) is 4.99 Å². The summed E-state index contributed by atoms with van der Waals surface area (Å²) in [6.45, 7) is 2.02. The normalized spacial score (nSPS) is 16.9. The zero-order chi connectivity index (χ0) is 18.8. The van der Waals surface area contributed by atoms with Crippen LogP contribution in [0.5, 0.6) is 0 Å². The third-order valence-electron chi connectivity index (χ3n) is 3.95. The summed E-state index contributed by atoms with van der Waals surface area (Å²) in [5, 5.41) is 3.94. The van der Waals surface area contributed by atoms with Gasteiger partial charge < -0.3 is 9.73 Å². The van der Waals surface area contributed by atoms with Crippen LogP contribution in [-0.4, -0.2) is 11.1 Å². The van der Waals surface area contributed by atoms with Crippen LogP contribution < -0.4 is 5.32 Å². The molecule has 1 fully saturated rings. The summed E-state index contributed by atoms with van der Waals surface area (Å²) in [6, 6.07) is 18.9. The summed E-state index contributed by atoms with van der Waals surface area (Å²) in [5.41, 5.74) is 2.77. The molecule has 1 aliphatic rings. The number of benzene rings is 2. The Labute approximate surface area is 166 Å². The second-order valence-corrected chi connectivity index (χ2v) is 7.44. The van der Waals surface area contributed by atoms with Crippen LogP contribution in [0, 0.1) is 6.92 Å². The first-order valence-electron chi connectivity index (χ1n) is 8.29. The molecule has 27 heavy (non-hydrogen) atoms. The first-order valence-corrected chi connectivity index (χ1v) is 9.49. The average molecular weight is 395 g/mol. The third kappa shape index (κ3) is 3.99. The molecule has 2 aromatic carbocycles. The fourth-order valence-corrected chi connectivity index (χ4v) is 3.63. The zero-order valence-electron chi connectivity index (χ0n) is 14.4. The molecule has 2 heterocycles. The van der Waals surface area contributed by atoms with E-state index in [-0.39, 0.29) is 5.91 Å². The van der Waals surface area contributed by atoms with Crippen molar-refractivity contribution in [2.24, 2.45) is 4.99 Å². The minimum absolute atomic E-state index is 0.193. The number of hydrogen-bond acceptors (Lipinski definition) is 4. The number of halogens is 1. The quantitative estimate of drug-likeness (QED) is 0.571. The highest BCUT2D eigenvalue weighted by molar-refractivity contribution is 8.18. The predicted molar refractivity (Wildman–Crippen MR) is 111 cm³/mol. The fourth-order valence-electron chi connectivity index (χ4n) is 2.58. The van der Waals surface area contributed by atoms with Gasteiger partial charge in [0.25, 0.3) is 5.91 Å². The minimum atomic E-state index is -0.193. The molecule has 1 N–H and O–H groups in total. The Balaban J connectivity index is 1.55. The summed E-state index contributed by atoms with van der Waals surface area (Å²) < 4.78 is 5.83. The lowest BCUT2D eigenvalue weighted by Gasteiger charge is -1.99. The molecule has 1 aromatic heterocycles. The van der Waals surface area contributed by atoms with Crippen LogP contribution in [-0.2, 0) is 4.79 Å². The number of thioether (sulfide) groups is 1. The van der Waals surface area contributed by atoms with Crippen molar-refractivity contribution >= 4 is 46.2 Å². The average Bonchev–Trinajstić information content (AvgIpc) is 3.25. The molecule has 6 heteroatoms. The fraction of sp³-hybridized carbons (Fsp3) is 0.0476. The lowest BCUT2D eigenvalue weighted by Crippen LogP contribution is -2.19. The molecule has 0 saturated carbocycles. The lowest BCUT2D eigenvalue weighted by molar-refractivity contribution is -0.115. The van der Waals surface area contributed by atoms with E-state index < -0.39 is 0 Å². The van der Waals surface area contributed by atoms with Crippen molar-refractivity contribution in [3.8, 4) is 11.3 Å². The molecule has 4 nitrogen and oxygen atoms in total. The first-order chi connectivity index (χ1) is 13.1. The SMILES string of the molecule is Cc1ccc(N=C2NC(=O)/C(=C\c3ccc(-c4ccccc4Cl)o3)S2)cc1. The summed E-state index contributed by atoms with van der Waals surface area (Å²) in [5.74, 6) is 1.05. The number of nitrogens with zero attached hydrogens (tertiary/aromatic N) is 1. The lowest BCUT2D eigenvalue weighted by atomic mass is 10.2. The standard InChI is InChI=1S/C21H15ClN2O2S/c1-13-6-8-14(9-7-13)23-21-24-20(25)19(27-21)12-15-10-11-18(26-15)16-4-2-3-5-17(16)22/h2-12H,1H3,(H,23,24,25)/b19-12+. The molecule has 0 aliphatic carbocycles. The molecule has 1 amide bonds. The number of rotatable bonds is 3. The van der Waals surface area contributed by atoms with E-state index >= 15 is 0 Å². The number of aryl methyl sites for hydroxylation is 1. The topological polar surface area (TPSA) is 54.6 Å². The highest BCUT2D eigenvalue weighted by Crippen LogP contribution is 2.32. The van der Waals surface area contributed by atoms with E-state index in [1.54, 1.807) is 6.08 Å². The molecule has 0 bridgehead atoms. The Morgan fingerprint density at radius 3 is 2.63 bits per heavy atom. The monoisotopic (exact) mass is 394 g/mol. The van der Waals surface area contributed by atoms with E-state index in [4.69, 9.17) is 16.0 Å². The van der Waals surface area contributed by atoms with Crippen LogP contribution in [0.25, 0.3) is 17.4 Å². The van der Waals surface area contributed by atoms with Crippen molar-refractivity contribution in [1.29, 1.82) is 0 Å². The highest BCUT2D eigenvalue weighted by Gasteiger charge is 2.24. The van der Waals surface area contributed by atoms with Crippen LogP contribution in [0.2, 0.25) is 5.02 Å². The van der Waals surface area contributed by atoms with Crippen LogP contribution in [0.15, 0.2) is 75.0 Å². The van der Waals surface area contributed by atoms with Crippen LogP contribution >= 0.6 is 23.4 Å². The van der Waals surface area contributed by atoms with E-state index in [1.165, 1.54) is 11.8 Å². The largest absolute Gasteiger partial charge is 0.457 e. The summed E-state index contributed by atoms with van der Waals surface area (Å²) in [6.07, 6.45) is 1.71. The maximum Gasteiger partial charge on any atom is 0.264 e.